The molecule has 2 rings (SSSR count). The second kappa shape index (κ2) is 5.28. The number of alkyl halides is 3. The van der Waals surface area contributed by atoms with Gasteiger partial charge in [-0.3, -0.25) is 0 Å². The summed E-state index contributed by atoms with van der Waals surface area (Å²) in [5, 5.41) is 0. The second-order valence-electron chi connectivity index (χ2n) is 4.76. The maximum Gasteiger partial charge on any atom is 0.416 e. The summed E-state index contributed by atoms with van der Waals surface area (Å²) >= 11 is 0. The van der Waals surface area contributed by atoms with Gasteiger partial charge in [0, 0.05) is 18.3 Å². The van der Waals surface area contributed by atoms with Crippen LogP contribution in [0.1, 0.15) is 28.6 Å². The molecule has 1 aromatic carbocycles. The average molecular weight is 283 g/mol. The smallest absolute Gasteiger partial charge is 0.333 e. The van der Waals surface area contributed by atoms with E-state index in [1.165, 1.54) is 12.1 Å². The minimum atomic E-state index is -4.39. The van der Waals surface area contributed by atoms with Crippen molar-refractivity contribution in [2.24, 2.45) is 5.73 Å². The lowest BCUT2D eigenvalue weighted by Gasteiger charge is -2.19. The van der Waals surface area contributed by atoms with Crippen LogP contribution < -0.4 is 5.73 Å². The first-order chi connectivity index (χ1) is 9.30. The molecule has 0 aliphatic rings. The summed E-state index contributed by atoms with van der Waals surface area (Å²) in [5.41, 5.74) is 7.13. The summed E-state index contributed by atoms with van der Waals surface area (Å²) in [7, 11) is 0. The Morgan fingerprint density at radius 1 is 1.25 bits per heavy atom. The van der Waals surface area contributed by atoms with E-state index in [9.17, 15) is 13.2 Å². The highest BCUT2D eigenvalue weighted by Crippen LogP contribution is 2.34. The van der Waals surface area contributed by atoms with Gasteiger partial charge >= 0.3 is 6.18 Å². The molecule has 0 aliphatic carbocycles. The van der Waals surface area contributed by atoms with Crippen LogP contribution >= 0.6 is 0 Å². The molecule has 1 heterocycles. The summed E-state index contributed by atoms with van der Waals surface area (Å²) in [6.45, 7) is 3.98. The molecule has 0 fully saturated rings. The number of hydrogen-bond donors (Lipinski definition) is 1. The molecule has 3 nitrogen and oxygen atoms in total. The summed E-state index contributed by atoms with van der Waals surface area (Å²) in [6.07, 6.45) is -2.80. The van der Waals surface area contributed by atoms with Crippen LogP contribution in [0.3, 0.4) is 0 Å². The summed E-state index contributed by atoms with van der Waals surface area (Å²) < 4.78 is 40.6. The molecule has 2 N–H and O–H groups in total. The highest BCUT2D eigenvalue weighted by molar-refractivity contribution is 5.32. The maximum absolute atomic E-state index is 13.0. The number of imidazole rings is 1. The third kappa shape index (κ3) is 2.85. The number of rotatable bonds is 3. The van der Waals surface area contributed by atoms with E-state index < -0.39 is 17.8 Å². The number of benzene rings is 1. The van der Waals surface area contributed by atoms with Gasteiger partial charge in [0.05, 0.1) is 17.6 Å². The number of hydrogen-bond acceptors (Lipinski definition) is 2. The zero-order valence-corrected chi connectivity index (χ0v) is 11.3. The molecule has 0 amide bonds. The highest BCUT2D eigenvalue weighted by atomic mass is 19.4. The van der Waals surface area contributed by atoms with Crippen molar-refractivity contribution in [2.75, 3.05) is 0 Å². The van der Waals surface area contributed by atoms with E-state index in [1.54, 1.807) is 17.0 Å². The molecule has 1 unspecified atom stereocenters. The predicted molar refractivity (Wildman–Crippen MR) is 70.1 cm³/mol. The van der Waals surface area contributed by atoms with Crippen LogP contribution in [0.5, 0.6) is 0 Å². The molecule has 0 bridgehead atoms. The van der Waals surface area contributed by atoms with E-state index in [1.807, 2.05) is 13.8 Å². The average Bonchev–Trinajstić information content (AvgIpc) is 2.70. The largest absolute Gasteiger partial charge is 0.416 e. The Bertz CT molecular complexity index is 602. The zero-order valence-electron chi connectivity index (χ0n) is 11.3. The zero-order chi connectivity index (χ0) is 14.9. The van der Waals surface area contributed by atoms with Gasteiger partial charge in [-0.05, 0) is 25.5 Å². The molecule has 1 aromatic heterocycles. The Morgan fingerprint density at radius 2 is 1.90 bits per heavy atom. The number of halogens is 3. The quantitative estimate of drug-likeness (QED) is 0.940. The molecule has 0 radical (unpaired) electrons. The fourth-order valence-corrected chi connectivity index (χ4v) is 2.12. The molecule has 1 atom stereocenters. The van der Waals surface area contributed by atoms with Gasteiger partial charge in [-0.25, -0.2) is 4.98 Å². The first-order valence-corrected chi connectivity index (χ1v) is 6.20. The van der Waals surface area contributed by atoms with Crippen LogP contribution in [-0.4, -0.2) is 9.55 Å². The van der Waals surface area contributed by atoms with Crippen molar-refractivity contribution in [1.82, 2.24) is 9.55 Å². The monoisotopic (exact) mass is 283 g/mol. The third-order valence-corrected chi connectivity index (χ3v) is 3.40. The summed E-state index contributed by atoms with van der Waals surface area (Å²) in [6, 6.07) is 4.68. The lowest BCUT2D eigenvalue weighted by molar-refractivity contribution is -0.138. The lowest BCUT2D eigenvalue weighted by Crippen LogP contribution is -2.22. The molecule has 0 saturated heterocycles. The minimum absolute atomic E-state index is 0.103. The Labute approximate surface area is 115 Å². The van der Waals surface area contributed by atoms with Crippen molar-refractivity contribution in [1.29, 1.82) is 0 Å². The van der Waals surface area contributed by atoms with Crippen LogP contribution in [-0.2, 0) is 12.7 Å². The highest BCUT2D eigenvalue weighted by Gasteiger charge is 2.34. The number of aryl methyl sites for hydroxylation is 1. The second-order valence-corrected chi connectivity index (χ2v) is 4.76. The lowest BCUT2D eigenvalue weighted by atomic mass is 10.0. The van der Waals surface area contributed by atoms with Gasteiger partial charge in [0.15, 0.2) is 0 Å². The van der Waals surface area contributed by atoms with Gasteiger partial charge in [0.1, 0.15) is 0 Å². The van der Waals surface area contributed by atoms with E-state index in [2.05, 4.69) is 4.98 Å². The molecular weight excluding hydrogens is 267 g/mol. The van der Waals surface area contributed by atoms with Crippen LogP contribution in [0.2, 0.25) is 0 Å². The summed E-state index contributed by atoms with van der Waals surface area (Å²) in [4.78, 5) is 4.12. The molecule has 2 aromatic rings. The normalized spacial score (nSPS) is 13.5. The molecule has 6 heteroatoms. The van der Waals surface area contributed by atoms with E-state index >= 15 is 0 Å². The van der Waals surface area contributed by atoms with Crippen molar-refractivity contribution >= 4 is 0 Å². The topological polar surface area (TPSA) is 43.8 Å². The first-order valence-electron chi connectivity index (χ1n) is 6.20. The van der Waals surface area contributed by atoms with Crippen LogP contribution in [0, 0.1) is 13.8 Å². The van der Waals surface area contributed by atoms with E-state index in [0.29, 0.717) is 0 Å². The standard InChI is InChI=1S/C14H16F3N3/c1-9-10(2)20(8-19-9)7-13(18)11-5-3-4-6-12(11)14(15,16)17/h3-6,8,13H,7,18H2,1-2H3. The van der Waals surface area contributed by atoms with E-state index in [0.717, 1.165) is 17.5 Å². The third-order valence-electron chi connectivity index (χ3n) is 3.40. The van der Waals surface area contributed by atoms with Gasteiger partial charge in [-0.15, -0.1) is 0 Å². The Morgan fingerprint density at radius 3 is 2.45 bits per heavy atom. The van der Waals surface area contributed by atoms with E-state index in [4.69, 9.17) is 5.73 Å². The maximum atomic E-state index is 13.0. The molecule has 0 aliphatic heterocycles. The van der Waals surface area contributed by atoms with Crippen molar-refractivity contribution < 1.29 is 13.2 Å². The predicted octanol–water partition coefficient (Wildman–Crippen LogP) is 3.22. The van der Waals surface area contributed by atoms with Crippen molar-refractivity contribution in [2.45, 2.75) is 32.6 Å². The molecule has 0 spiro atoms. The van der Waals surface area contributed by atoms with Crippen LogP contribution in [0.25, 0.3) is 0 Å². The van der Waals surface area contributed by atoms with Gasteiger partial charge in [0.25, 0.3) is 0 Å². The number of nitrogens with two attached hydrogens (primary N) is 1. The van der Waals surface area contributed by atoms with Crippen molar-refractivity contribution in [3.8, 4) is 0 Å². The van der Waals surface area contributed by atoms with Crippen LogP contribution in [0.15, 0.2) is 30.6 Å². The molecule has 0 saturated carbocycles. The first kappa shape index (κ1) is 14.6. The fraction of sp³-hybridized carbons (Fsp3) is 0.357. The molecular formula is C14H16F3N3. The molecule has 108 valence electrons. The Hall–Kier alpha value is -1.82. The number of aromatic nitrogens is 2. The fourth-order valence-electron chi connectivity index (χ4n) is 2.12. The van der Waals surface area contributed by atoms with Gasteiger partial charge < -0.3 is 10.3 Å². The van der Waals surface area contributed by atoms with Crippen molar-refractivity contribution in [3.05, 3.63) is 53.1 Å². The Kier molecular flexibility index (Phi) is 3.85. The minimum Gasteiger partial charge on any atom is -0.333 e. The summed E-state index contributed by atoms with van der Waals surface area (Å²) in [5.74, 6) is 0. The Balaban J connectivity index is 2.30. The van der Waals surface area contributed by atoms with Crippen molar-refractivity contribution in [3.63, 3.8) is 0 Å². The molecule has 20 heavy (non-hydrogen) atoms. The van der Waals surface area contributed by atoms with Gasteiger partial charge in [-0.2, -0.15) is 13.2 Å². The van der Waals surface area contributed by atoms with Crippen LogP contribution in [0.4, 0.5) is 13.2 Å². The van der Waals surface area contributed by atoms with Gasteiger partial charge in [-0.1, -0.05) is 18.2 Å². The number of nitrogens with zero attached hydrogens (tertiary/aromatic N) is 2. The SMILES string of the molecule is Cc1ncn(CC(N)c2ccccc2C(F)(F)F)c1C. The van der Waals surface area contributed by atoms with E-state index in [-0.39, 0.29) is 12.1 Å². The van der Waals surface area contributed by atoms with Gasteiger partial charge in [0.2, 0.25) is 0 Å².